The average molecular weight is 448 g/mol. The van der Waals surface area contributed by atoms with Crippen LogP contribution in [0.3, 0.4) is 0 Å². The molecule has 1 saturated carbocycles. The lowest BCUT2D eigenvalue weighted by atomic mass is 9.87. The number of carbonyl (C=O) groups is 1. The van der Waals surface area contributed by atoms with E-state index in [1.807, 2.05) is 6.07 Å². The molecule has 162 valence electrons. The lowest BCUT2D eigenvalue weighted by molar-refractivity contribution is -0.161. The Morgan fingerprint density at radius 3 is 2.10 bits per heavy atom. The first kappa shape index (κ1) is 22.9. The molecule has 0 amide bonds. The maximum Gasteiger partial charge on any atom is 0.426 e. The first-order valence-electron chi connectivity index (χ1n) is 9.65. The number of hydrogen-bond acceptors (Lipinski definition) is 3. The number of allylic oxidation sites excluding steroid dienone is 1. The van der Waals surface area contributed by atoms with Crippen molar-refractivity contribution in [2.45, 2.75) is 38.5 Å². The highest BCUT2D eigenvalue weighted by atomic mass is 35.5. The number of benzene rings is 2. The van der Waals surface area contributed by atoms with Crippen molar-refractivity contribution >= 4 is 17.6 Å². The summed E-state index contributed by atoms with van der Waals surface area (Å²) in [6.45, 7) is 3.33. The number of carbonyl (C=O) groups excluding carboxylic acids is 1. The minimum absolute atomic E-state index is 0.0489. The molecule has 0 aliphatic heterocycles. The van der Waals surface area contributed by atoms with E-state index in [4.69, 9.17) is 16.3 Å². The molecular formula is C24H21ClF3NO2. The number of nitriles is 1. The first-order valence-corrected chi connectivity index (χ1v) is 10.0. The van der Waals surface area contributed by atoms with E-state index < -0.39 is 33.6 Å². The summed E-state index contributed by atoms with van der Waals surface area (Å²) in [5.74, 6) is -0.902. The van der Waals surface area contributed by atoms with Crippen LogP contribution in [0.5, 0.6) is 0 Å². The number of ether oxygens (including phenoxy) is 1. The van der Waals surface area contributed by atoms with Crippen molar-refractivity contribution in [1.82, 2.24) is 0 Å². The third kappa shape index (κ3) is 4.47. The highest BCUT2D eigenvalue weighted by Gasteiger charge is 2.68. The Bertz CT molecular complexity index is 1030. The highest BCUT2D eigenvalue weighted by Crippen LogP contribution is 2.66. The van der Waals surface area contributed by atoms with Gasteiger partial charge in [-0.25, -0.2) is 0 Å². The summed E-state index contributed by atoms with van der Waals surface area (Å²) in [6.07, 6.45) is -3.87. The van der Waals surface area contributed by atoms with Gasteiger partial charge in [-0.2, -0.15) is 18.4 Å². The topological polar surface area (TPSA) is 50.1 Å². The molecule has 2 unspecified atom stereocenters. The second kappa shape index (κ2) is 8.05. The Hall–Kier alpha value is -2.78. The van der Waals surface area contributed by atoms with Crippen molar-refractivity contribution < 1.29 is 22.7 Å². The van der Waals surface area contributed by atoms with E-state index in [9.17, 15) is 23.2 Å². The van der Waals surface area contributed by atoms with Gasteiger partial charge in [-0.3, -0.25) is 4.79 Å². The Morgan fingerprint density at radius 1 is 1.13 bits per heavy atom. The summed E-state index contributed by atoms with van der Waals surface area (Å²) in [6, 6.07) is 19.6. The number of nitrogens with zero attached hydrogens (tertiary/aromatic N) is 1. The largest absolute Gasteiger partial charge is 0.438 e. The lowest BCUT2D eigenvalue weighted by Crippen LogP contribution is -2.37. The molecule has 0 radical (unpaired) electrons. The Morgan fingerprint density at radius 2 is 1.65 bits per heavy atom. The fourth-order valence-corrected chi connectivity index (χ4v) is 3.96. The van der Waals surface area contributed by atoms with E-state index in [0.717, 1.165) is 11.6 Å². The SMILES string of the molecule is CC1(C)CC1(C=C(Cl)C(F)(F)F)C(=O)OC(C#N)(Cc1ccccc1)c1ccccc1. The van der Waals surface area contributed by atoms with Gasteiger partial charge >= 0.3 is 12.1 Å². The molecule has 1 aliphatic rings. The van der Waals surface area contributed by atoms with Gasteiger partial charge in [0.25, 0.3) is 0 Å². The van der Waals surface area contributed by atoms with Gasteiger partial charge < -0.3 is 4.74 Å². The van der Waals surface area contributed by atoms with Crippen molar-refractivity contribution in [1.29, 1.82) is 5.26 Å². The smallest absolute Gasteiger partial charge is 0.426 e. The van der Waals surface area contributed by atoms with Crippen LogP contribution in [0.4, 0.5) is 13.2 Å². The highest BCUT2D eigenvalue weighted by molar-refractivity contribution is 6.30. The number of alkyl halides is 3. The zero-order chi connectivity index (χ0) is 22.9. The normalized spacial score (nSPS) is 22.2. The van der Waals surface area contributed by atoms with Crippen molar-refractivity contribution in [3.05, 3.63) is 82.9 Å². The molecule has 7 heteroatoms. The zero-order valence-corrected chi connectivity index (χ0v) is 17.8. The quantitative estimate of drug-likeness (QED) is 0.489. The van der Waals surface area contributed by atoms with Gasteiger partial charge in [-0.15, -0.1) is 0 Å². The summed E-state index contributed by atoms with van der Waals surface area (Å²) in [5, 5.41) is 8.74. The number of halogens is 4. The van der Waals surface area contributed by atoms with E-state index in [2.05, 4.69) is 6.07 Å². The molecule has 2 aromatic carbocycles. The molecule has 0 N–H and O–H groups in total. The first-order chi connectivity index (χ1) is 14.5. The summed E-state index contributed by atoms with van der Waals surface area (Å²) in [4.78, 5) is 13.3. The molecule has 0 aromatic heterocycles. The van der Waals surface area contributed by atoms with Crippen molar-refractivity contribution in [2.24, 2.45) is 10.8 Å². The van der Waals surface area contributed by atoms with Crippen LogP contribution in [-0.4, -0.2) is 12.1 Å². The van der Waals surface area contributed by atoms with Gasteiger partial charge in [0.15, 0.2) is 0 Å². The van der Waals surface area contributed by atoms with Crippen LogP contribution in [0.1, 0.15) is 31.4 Å². The number of rotatable bonds is 6. The van der Waals surface area contributed by atoms with Gasteiger partial charge in [0.05, 0.1) is 5.41 Å². The Balaban J connectivity index is 2.03. The third-order valence-corrected chi connectivity index (χ3v) is 6.12. The van der Waals surface area contributed by atoms with Gasteiger partial charge in [0.1, 0.15) is 11.1 Å². The van der Waals surface area contributed by atoms with Gasteiger partial charge in [-0.05, 0) is 23.5 Å². The van der Waals surface area contributed by atoms with Gasteiger partial charge in [0.2, 0.25) is 5.60 Å². The van der Waals surface area contributed by atoms with Crippen LogP contribution < -0.4 is 0 Å². The van der Waals surface area contributed by atoms with Crippen LogP contribution in [0.25, 0.3) is 0 Å². The summed E-state index contributed by atoms with van der Waals surface area (Å²) in [5.41, 5.74) is -2.88. The molecule has 0 bridgehead atoms. The van der Waals surface area contributed by atoms with Crippen LogP contribution in [0, 0.1) is 22.2 Å². The molecule has 1 fully saturated rings. The van der Waals surface area contributed by atoms with E-state index >= 15 is 0 Å². The zero-order valence-electron chi connectivity index (χ0n) is 17.0. The predicted molar refractivity (Wildman–Crippen MR) is 111 cm³/mol. The van der Waals surface area contributed by atoms with Crippen molar-refractivity contribution in [3.63, 3.8) is 0 Å². The monoisotopic (exact) mass is 447 g/mol. The predicted octanol–water partition coefficient (Wildman–Crippen LogP) is 6.29. The number of esters is 1. The van der Waals surface area contributed by atoms with Gasteiger partial charge in [0, 0.05) is 12.0 Å². The third-order valence-electron chi connectivity index (χ3n) is 5.80. The molecule has 1 aliphatic carbocycles. The molecule has 31 heavy (non-hydrogen) atoms. The molecular weight excluding hydrogens is 427 g/mol. The van der Waals surface area contributed by atoms with E-state index in [0.29, 0.717) is 5.56 Å². The minimum Gasteiger partial charge on any atom is -0.438 e. The Labute approximate surface area is 184 Å². The van der Waals surface area contributed by atoms with Crippen molar-refractivity contribution in [3.8, 4) is 6.07 Å². The molecule has 0 heterocycles. The minimum atomic E-state index is -4.77. The molecule has 0 saturated heterocycles. The molecule has 2 aromatic rings. The summed E-state index contributed by atoms with van der Waals surface area (Å²) >= 11 is 5.47. The van der Waals surface area contributed by atoms with Crippen LogP contribution in [0.15, 0.2) is 71.8 Å². The van der Waals surface area contributed by atoms with E-state index in [1.54, 1.807) is 68.4 Å². The molecule has 3 rings (SSSR count). The average Bonchev–Trinajstić information content (AvgIpc) is 3.29. The maximum atomic E-state index is 13.3. The second-order valence-electron chi connectivity index (χ2n) is 8.38. The standard InChI is InChI=1S/C24H21ClF3NO2/c1-21(2)15-22(21,14-19(25)24(26,27)28)20(30)31-23(16-29,18-11-7-4-8-12-18)13-17-9-5-3-6-10-17/h3-12,14H,13,15H2,1-2H3. The molecule has 0 spiro atoms. The van der Waals surface area contributed by atoms with Crippen LogP contribution in [-0.2, 0) is 21.6 Å². The fraction of sp³-hybridized carbons (Fsp3) is 0.333. The van der Waals surface area contributed by atoms with Crippen molar-refractivity contribution in [2.75, 3.05) is 0 Å². The van der Waals surface area contributed by atoms with E-state index in [1.165, 1.54) is 0 Å². The fourth-order valence-electron chi connectivity index (χ4n) is 3.77. The summed E-state index contributed by atoms with van der Waals surface area (Å²) in [7, 11) is 0. The van der Waals surface area contributed by atoms with E-state index in [-0.39, 0.29) is 12.8 Å². The lowest BCUT2D eigenvalue weighted by Gasteiger charge is -2.30. The number of hydrogen-bond donors (Lipinski definition) is 0. The summed E-state index contributed by atoms with van der Waals surface area (Å²) < 4.78 is 45.0. The Kier molecular flexibility index (Phi) is 5.94. The van der Waals surface area contributed by atoms with Crippen LogP contribution >= 0.6 is 11.6 Å². The molecule has 2 atom stereocenters. The van der Waals surface area contributed by atoms with Gasteiger partial charge in [-0.1, -0.05) is 86.1 Å². The van der Waals surface area contributed by atoms with Crippen LogP contribution in [0.2, 0.25) is 0 Å². The second-order valence-corrected chi connectivity index (χ2v) is 8.79. The molecule has 3 nitrogen and oxygen atoms in total. The maximum absolute atomic E-state index is 13.3.